The van der Waals surface area contributed by atoms with Crippen molar-refractivity contribution in [2.24, 2.45) is 0 Å². The Hall–Kier alpha value is -1.95. The molecule has 0 spiro atoms. The van der Waals surface area contributed by atoms with Crippen molar-refractivity contribution in [2.75, 3.05) is 20.3 Å². The van der Waals surface area contributed by atoms with Crippen LogP contribution in [0.1, 0.15) is 28.8 Å². The van der Waals surface area contributed by atoms with Gasteiger partial charge in [-0.1, -0.05) is 29.3 Å². The van der Waals surface area contributed by atoms with Crippen LogP contribution in [-0.2, 0) is 11.3 Å². The molecule has 1 amide bonds. The maximum atomic E-state index is 12.3. The second kappa shape index (κ2) is 9.31. The number of rotatable bonds is 7. The lowest BCUT2D eigenvalue weighted by Crippen LogP contribution is -2.23. The monoisotopic (exact) mass is 409 g/mol. The lowest BCUT2D eigenvalue weighted by Gasteiger charge is -2.15. The molecule has 0 radical (unpaired) electrons. The molecule has 1 heterocycles. The number of methoxy groups -OCH3 is 1. The van der Waals surface area contributed by atoms with Gasteiger partial charge in [0.15, 0.2) is 11.5 Å². The van der Waals surface area contributed by atoms with Gasteiger partial charge in [0.2, 0.25) is 0 Å². The summed E-state index contributed by atoms with van der Waals surface area (Å²) < 4.78 is 16.8. The van der Waals surface area contributed by atoms with Gasteiger partial charge < -0.3 is 19.5 Å². The van der Waals surface area contributed by atoms with E-state index in [1.165, 1.54) is 0 Å². The zero-order valence-corrected chi connectivity index (χ0v) is 16.5. The molecule has 1 aliphatic heterocycles. The topological polar surface area (TPSA) is 56.8 Å². The van der Waals surface area contributed by atoms with Crippen LogP contribution >= 0.6 is 23.2 Å². The molecule has 2 aromatic rings. The zero-order valence-electron chi connectivity index (χ0n) is 15.0. The van der Waals surface area contributed by atoms with Crippen molar-refractivity contribution in [1.82, 2.24) is 5.32 Å². The molecule has 0 aliphatic carbocycles. The highest BCUT2D eigenvalue weighted by Crippen LogP contribution is 2.29. The van der Waals surface area contributed by atoms with E-state index < -0.39 is 0 Å². The summed E-state index contributed by atoms with van der Waals surface area (Å²) in [6.45, 7) is 1.62. The Kier molecular flexibility index (Phi) is 6.83. The average molecular weight is 410 g/mol. The van der Waals surface area contributed by atoms with E-state index in [0.29, 0.717) is 40.3 Å². The van der Waals surface area contributed by atoms with Crippen LogP contribution in [0.15, 0.2) is 36.4 Å². The summed E-state index contributed by atoms with van der Waals surface area (Å²) in [4.78, 5) is 12.3. The normalized spacial score (nSPS) is 16.2. The van der Waals surface area contributed by atoms with Gasteiger partial charge in [0.05, 0.1) is 23.8 Å². The van der Waals surface area contributed by atoms with E-state index in [9.17, 15) is 4.79 Å². The SMILES string of the molecule is COc1cc(CNC(=O)c2cc(Cl)ccc2Cl)ccc1OCC1CCCO1. The van der Waals surface area contributed by atoms with Gasteiger partial charge in [0, 0.05) is 18.2 Å². The molecule has 7 heteroatoms. The Morgan fingerprint density at radius 3 is 2.81 bits per heavy atom. The second-order valence-electron chi connectivity index (χ2n) is 6.24. The van der Waals surface area contributed by atoms with Crippen LogP contribution in [-0.4, -0.2) is 32.3 Å². The van der Waals surface area contributed by atoms with Crippen LogP contribution in [0, 0.1) is 0 Å². The van der Waals surface area contributed by atoms with E-state index in [4.69, 9.17) is 37.4 Å². The zero-order chi connectivity index (χ0) is 19.2. The highest BCUT2D eigenvalue weighted by molar-refractivity contribution is 6.35. The van der Waals surface area contributed by atoms with Crippen molar-refractivity contribution in [1.29, 1.82) is 0 Å². The molecule has 1 saturated heterocycles. The van der Waals surface area contributed by atoms with Gasteiger partial charge in [-0.3, -0.25) is 4.79 Å². The van der Waals surface area contributed by atoms with E-state index in [0.717, 1.165) is 25.0 Å². The number of carbonyl (C=O) groups is 1. The first-order chi connectivity index (χ1) is 13.1. The maximum absolute atomic E-state index is 12.3. The van der Waals surface area contributed by atoms with Gasteiger partial charge >= 0.3 is 0 Å². The molecule has 2 aromatic carbocycles. The number of hydrogen-bond acceptors (Lipinski definition) is 4. The van der Waals surface area contributed by atoms with E-state index in [2.05, 4.69) is 5.32 Å². The Labute approximate surface area is 168 Å². The van der Waals surface area contributed by atoms with Gasteiger partial charge in [0.1, 0.15) is 6.61 Å². The molecule has 1 N–H and O–H groups in total. The third-order valence-corrected chi connectivity index (χ3v) is 4.87. The number of nitrogens with one attached hydrogen (secondary N) is 1. The highest BCUT2D eigenvalue weighted by atomic mass is 35.5. The molecule has 3 rings (SSSR count). The van der Waals surface area contributed by atoms with Gasteiger partial charge in [0.25, 0.3) is 5.91 Å². The summed E-state index contributed by atoms with van der Waals surface area (Å²) in [5, 5.41) is 3.64. The Bertz CT molecular complexity index is 807. The van der Waals surface area contributed by atoms with Gasteiger partial charge in [-0.25, -0.2) is 0 Å². The summed E-state index contributed by atoms with van der Waals surface area (Å²) in [6.07, 6.45) is 2.22. The predicted molar refractivity (Wildman–Crippen MR) is 105 cm³/mol. The third-order valence-electron chi connectivity index (χ3n) is 4.30. The molecule has 0 aromatic heterocycles. The van der Waals surface area contributed by atoms with Crippen molar-refractivity contribution in [3.63, 3.8) is 0 Å². The maximum Gasteiger partial charge on any atom is 0.253 e. The molecule has 144 valence electrons. The lowest BCUT2D eigenvalue weighted by molar-refractivity contribution is 0.0669. The van der Waals surface area contributed by atoms with Crippen molar-refractivity contribution in [3.8, 4) is 11.5 Å². The van der Waals surface area contributed by atoms with Crippen LogP contribution in [0.2, 0.25) is 10.0 Å². The quantitative estimate of drug-likeness (QED) is 0.731. The van der Waals surface area contributed by atoms with Crippen LogP contribution in [0.5, 0.6) is 11.5 Å². The van der Waals surface area contributed by atoms with Crippen molar-refractivity contribution >= 4 is 29.1 Å². The number of benzene rings is 2. The van der Waals surface area contributed by atoms with Crippen LogP contribution in [0.25, 0.3) is 0 Å². The largest absolute Gasteiger partial charge is 0.493 e. The molecule has 0 bridgehead atoms. The smallest absolute Gasteiger partial charge is 0.253 e. The van der Waals surface area contributed by atoms with Gasteiger partial charge in [-0.2, -0.15) is 0 Å². The fourth-order valence-electron chi connectivity index (χ4n) is 2.85. The molecular formula is C20H21Cl2NO4. The second-order valence-corrected chi connectivity index (χ2v) is 7.08. The average Bonchev–Trinajstić information content (AvgIpc) is 3.20. The molecule has 0 saturated carbocycles. The summed E-state index contributed by atoms with van der Waals surface area (Å²) in [7, 11) is 1.59. The van der Waals surface area contributed by atoms with Gasteiger partial charge in [-0.05, 0) is 48.7 Å². The first kappa shape index (κ1) is 19.8. The van der Waals surface area contributed by atoms with Crippen molar-refractivity contribution in [2.45, 2.75) is 25.5 Å². The third kappa shape index (κ3) is 5.28. The Morgan fingerprint density at radius 2 is 2.07 bits per heavy atom. The fourth-order valence-corrected chi connectivity index (χ4v) is 3.22. The molecular weight excluding hydrogens is 389 g/mol. The lowest BCUT2D eigenvalue weighted by atomic mass is 10.1. The van der Waals surface area contributed by atoms with Crippen molar-refractivity contribution < 1.29 is 19.0 Å². The van der Waals surface area contributed by atoms with Crippen molar-refractivity contribution in [3.05, 3.63) is 57.6 Å². The van der Waals surface area contributed by atoms with Crippen LogP contribution in [0.3, 0.4) is 0 Å². The Morgan fingerprint density at radius 1 is 1.22 bits per heavy atom. The summed E-state index contributed by atoms with van der Waals surface area (Å²) >= 11 is 12.0. The van der Waals surface area contributed by atoms with E-state index in [1.54, 1.807) is 25.3 Å². The number of amides is 1. The number of carbonyl (C=O) groups excluding carboxylic acids is 1. The van der Waals surface area contributed by atoms with Crippen LogP contribution < -0.4 is 14.8 Å². The van der Waals surface area contributed by atoms with Crippen LogP contribution in [0.4, 0.5) is 0 Å². The molecule has 5 nitrogen and oxygen atoms in total. The minimum absolute atomic E-state index is 0.135. The molecule has 1 atom stereocenters. The van der Waals surface area contributed by atoms with E-state index in [-0.39, 0.29) is 12.0 Å². The predicted octanol–water partition coefficient (Wildman–Crippen LogP) is 4.49. The highest BCUT2D eigenvalue weighted by Gasteiger charge is 2.17. The number of hydrogen-bond donors (Lipinski definition) is 1. The summed E-state index contributed by atoms with van der Waals surface area (Å²) in [5.41, 5.74) is 1.22. The van der Waals surface area contributed by atoms with E-state index >= 15 is 0 Å². The molecule has 1 fully saturated rings. The fraction of sp³-hybridized carbons (Fsp3) is 0.350. The molecule has 1 unspecified atom stereocenters. The number of ether oxygens (including phenoxy) is 3. The van der Waals surface area contributed by atoms with E-state index in [1.807, 2.05) is 18.2 Å². The van der Waals surface area contributed by atoms with Gasteiger partial charge in [-0.15, -0.1) is 0 Å². The number of halogens is 2. The first-order valence-electron chi connectivity index (χ1n) is 8.71. The minimum atomic E-state index is -0.292. The first-order valence-corrected chi connectivity index (χ1v) is 9.47. The summed E-state index contributed by atoms with van der Waals surface area (Å²) in [5.74, 6) is 0.974. The molecule has 27 heavy (non-hydrogen) atoms. The Balaban J connectivity index is 1.61. The minimum Gasteiger partial charge on any atom is -0.493 e. The molecule has 1 aliphatic rings. The standard InChI is InChI=1S/C20H21Cl2NO4/c1-25-19-9-13(4-7-18(19)27-12-15-3-2-8-26-15)11-23-20(24)16-10-14(21)5-6-17(16)22/h4-7,9-10,15H,2-3,8,11-12H2,1H3,(H,23,24). The summed E-state index contributed by atoms with van der Waals surface area (Å²) in [6, 6.07) is 10.3.